The van der Waals surface area contributed by atoms with E-state index in [1.54, 1.807) is 0 Å². The van der Waals surface area contributed by atoms with E-state index in [1.165, 1.54) is 0 Å². The zero-order chi connectivity index (χ0) is 10.7. The summed E-state index contributed by atoms with van der Waals surface area (Å²) in [6, 6.07) is 7.74. The first-order valence-corrected chi connectivity index (χ1v) is 6.11. The first-order valence-electron chi connectivity index (χ1n) is 5.03. The molecule has 0 aromatic heterocycles. The van der Waals surface area contributed by atoms with E-state index >= 15 is 0 Å². The Labute approximate surface area is 115 Å². The van der Waals surface area contributed by atoms with Crippen LogP contribution in [0.5, 0.6) is 0 Å². The molecule has 5 heteroatoms. The van der Waals surface area contributed by atoms with E-state index in [-0.39, 0.29) is 18.3 Å². The molecule has 0 unspecified atom stereocenters. The SMILES string of the molecule is Cl.O=C(c1cccc(I)c1)N1CCNCC1. The van der Waals surface area contributed by atoms with E-state index in [2.05, 4.69) is 27.9 Å². The number of nitrogens with one attached hydrogen (secondary N) is 1. The smallest absolute Gasteiger partial charge is 0.253 e. The van der Waals surface area contributed by atoms with Crippen LogP contribution in [-0.2, 0) is 0 Å². The standard InChI is InChI=1S/C11H13IN2O.ClH/c12-10-3-1-2-9(8-10)11(15)14-6-4-13-5-7-14;/h1-3,8,13H,4-7H2;1H. The molecule has 1 aliphatic rings. The quantitative estimate of drug-likeness (QED) is 0.781. The summed E-state index contributed by atoms with van der Waals surface area (Å²) in [4.78, 5) is 14.0. The van der Waals surface area contributed by atoms with Crippen molar-refractivity contribution in [3.05, 3.63) is 33.4 Å². The Hall–Kier alpha value is -0.330. The lowest BCUT2D eigenvalue weighted by atomic mass is 10.2. The van der Waals surface area contributed by atoms with Crippen molar-refractivity contribution in [3.63, 3.8) is 0 Å². The molecule has 0 saturated carbocycles. The fourth-order valence-electron chi connectivity index (χ4n) is 1.67. The minimum Gasteiger partial charge on any atom is -0.336 e. The molecule has 16 heavy (non-hydrogen) atoms. The number of carbonyl (C=O) groups excluding carboxylic acids is 1. The average Bonchev–Trinajstić information content (AvgIpc) is 2.29. The van der Waals surface area contributed by atoms with Crippen molar-refractivity contribution in [2.45, 2.75) is 0 Å². The predicted octanol–water partition coefficient (Wildman–Crippen LogP) is 1.76. The zero-order valence-electron chi connectivity index (χ0n) is 8.78. The van der Waals surface area contributed by atoms with Crippen LogP contribution in [0.2, 0.25) is 0 Å². The normalized spacial score (nSPS) is 15.4. The second-order valence-electron chi connectivity index (χ2n) is 3.55. The van der Waals surface area contributed by atoms with Gasteiger partial charge in [0.15, 0.2) is 0 Å². The largest absolute Gasteiger partial charge is 0.336 e. The summed E-state index contributed by atoms with van der Waals surface area (Å²) >= 11 is 2.23. The number of rotatable bonds is 1. The molecule has 0 radical (unpaired) electrons. The Morgan fingerprint density at radius 2 is 2.00 bits per heavy atom. The van der Waals surface area contributed by atoms with Gasteiger partial charge in [0, 0.05) is 35.3 Å². The number of hydrogen-bond acceptors (Lipinski definition) is 2. The molecule has 1 N–H and O–H groups in total. The molecule has 0 spiro atoms. The first-order chi connectivity index (χ1) is 7.27. The van der Waals surface area contributed by atoms with Gasteiger partial charge in [-0.05, 0) is 40.8 Å². The van der Waals surface area contributed by atoms with E-state index in [0.29, 0.717) is 0 Å². The van der Waals surface area contributed by atoms with Crippen molar-refractivity contribution in [3.8, 4) is 0 Å². The van der Waals surface area contributed by atoms with Gasteiger partial charge in [-0.2, -0.15) is 0 Å². The number of benzene rings is 1. The monoisotopic (exact) mass is 352 g/mol. The zero-order valence-corrected chi connectivity index (χ0v) is 11.8. The molecule has 1 aromatic rings. The number of halogens is 2. The van der Waals surface area contributed by atoms with Gasteiger partial charge >= 0.3 is 0 Å². The van der Waals surface area contributed by atoms with Crippen LogP contribution >= 0.6 is 35.0 Å². The summed E-state index contributed by atoms with van der Waals surface area (Å²) in [5, 5.41) is 3.24. The highest BCUT2D eigenvalue weighted by Crippen LogP contribution is 2.10. The second-order valence-corrected chi connectivity index (χ2v) is 4.80. The number of hydrogen-bond donors (Lipinski definition) is 1. The summed E-state index contributed by atoms with van der Waals surface area (Å²) in [5.41, 5.74) is 0.795. The highest BCUT2D eigenvalue weighted by molar-refractivity contribution is 14.1. The minimum atomic E-state index is 0. The van der Waals surface area contributed by atoms with Crippen LogP contribution in [0, 0.1) is 3.57 Å². The number of nitrogens with zero attached hydrogens (tertiary/aromatic N) is 1. The van der Waals surface area contributed by atoms with Crippen molar-refractivity contribution < 1.29 is 4.79 Å². The summed E-state index contributed by atoms with van der Waals surface area (Å²) in [6.45, 7) is 3.42. The van der Waals surface area contributed by atoms with E-state index < -0.39 is 0 Å². The van der Waals surface area contributed by atoms with E-state index in [1.807, 2.05) is 29.2 Å². The van der Waals surface area contributed by atoms with Crippen LogP contribution in [0.25, 0.3) is 0 Å². The Morgan fingerprint density at radius 1 is 1.31 bits per heavy atom. The van der Waals surface area contributed by atoms with E-state index in [9.17, 15) is 4.79 Å². The van der Waals surface area contributed by atoms with Crippen LogP contribution in [-0.4, -0.2) is 37.0 Å². The van der Waals surface area contributed by atoms with Gasteiger partial charge in [-0.25, -0.2) is 0 Å². The molecule has 1 heterocycles. The minimum absolute atomic E-state index is 0. The fraction of sp³-hybridized carbons (Fsp3) is 0.364. The van der Waals surface area contributed by atoms with Crippen LogP contribution in [0.4, 0.5) is 0 Å². The lowest BCUT2D eigenvalue weighted by Gasteiger charge is -2.27. The Morgan fingerprint density at radius 3 is 2.62 bits per heavy atom. The molecule has 1 amide bonds. The van der Waals surface area contributed by atoms with Crippen molar-refractivity contribution in [1.29, 1.82) is 0 Å². The lowest BCUT2D eigenvalue weighted by molar-refractivity contribution is 0.0736. The number of amides is 1. The molecular formula is C11H14ClIN2O. The molecular weight excluding hydrogens is 338 g/mol. The molecule has 0 bridgehead atoms. The van der Waals surface area contributed by atoms with E-state index in [0.717, 1.165) is 35.3 Å². The highest BCUT2D eigenvalue weighted by Gasteiger charge is 2.17. The predicted molar refractivity (Wildman–Crippen MR) is 75.2 cm³/mol. The van der Waals surface area contributed by atoms with Gasteiger partial charge in [0.2, 0.25) is 0 Å². The van der Waals surface area contributed by atoms with Gasteiger partial charge in [-0.15, -0.1) is 12.4 Å². The second kappa shape index (κ2) is 6.42. The third kappa shape index (κ3) is 3.33. The van der Waals surface area contributed by atoms with Gasteiger partial charge < -0.3 is 10.2 Å². The van der Waals surface area contributed by atoms with Gasteiger partial charge in [0.25, 0.3) is 5.91 Å². The molecule has 0 atom stereocenters. The third-order valence-corrected chi connectivity index (χ3v) is 3.15. The van der Waals surface area contributed by atoms with Crippen molar-refractivity contribution in [1.82, 2.24) is 10.2 Å². The van der Waals surface area contributed by atoms with Crippen LogP contribution in [0.3, 0.4) is 0 Å². The van der Waals surface area contributed by atoms with Gasteiger partial charge in [0.05, 0.1) is 0 Å². The molecule has 1 aromatic carbocycles. The highest BCUT2D eigenvalue weighted by atomic mass is 127. The third-order valence-electron chi connectivity index (χ3n) is 2.48. The summed E-state index contributed by atoms with van der Waals surface area (Å²) in [7, 11) is 0. The van der Waals surface area contributed by atoms with E-state index in [4.69, 9.17) is 0 Å². The first kappa shape index (κ1) is 13.7. The maximum absolute atomic E-state index is 12.0. The average molecular weight is 353 g/mol. The van der Waals surface area contributed by atoms with Gasteiger partial charge in [0.1, 0.15) is 0 Å². The maximum atomic E-state index is 12.0. The van der Waals surface area contributed by atoms with Crippen LogP contribution < -0.4 is 5.32 Å². The van der Waals surface area contributed by atoms with Crippen LogP contribution in [0.1, 0.15) is 10.4 Å². The number of piperazine rings is 1. The molecule has 0 aliphatic carbocycles. The Balaban J connectivity index is 0.00000128. The maximum Gasteiger partial charge on any atom is 0.253 e. The van der Waals surface area contributed by atoms with Crippen molar-refractivity contribution in [2.24, 2.45) is 0 Å². The molecule has 1 saturated heterocycles. The topological polar surface area (TPSA) is 32.3 Å². The summed E-state index contributed by atoms with van der Waals surface area (Å²) in [5.74, 6) is 0.148. The Kier molecular flexibility index (Phi) is 5.51. The molecule has 2 rings (SSSR count). The van der Waals surface area contributed by atoms with Gasteiger partial charge in [-0.3, -0.25) is 4.79 Å². The molecule has 1 aliphatic heterocycles. The molecule has 1 fully saturated rings. The summed E-state index contributed by atoms with van der Waals surface area (Å²) < 4.78 is 1.11. The molecule has 88 valence electrons. The summed E-state index contributed by atoms with van der Waals surface area (Å²) in [6.07, 6.45) is 0. The van der Waals surface area contributed by atoms with Crippen molar-refractivity contribution in [2.75, 3.05) is 26.2 Å². The fourth-order valence-corrected chi connectivity index (χ4v) is 2.22. The van der Waals surface area contributed by atoms with Gasteiger partial charge in [-0.1, -0.05) is 6.07 Å². The number of carbonyl (C=O) groups is 1. The lowest BCUT2D eigenvalue weighted by Crippen LogP contribution is -2.46. The Bertz CT molecular complexity index is 367. The van der Waals surface area contributed by atoms with Crippen molar-refractivity contribution >= 4 is 40.9 Å². The van der Waals surface area contributed by atoms with Crippen LogP contribution in [0.15, 0.2) is 24.3 Å². The molecule has 3 nitrogen and oxygen atoms in total.